The molecule has 0 aliphatic heterocycles. The maximum absolute atomic E-state index is 12.4. The summed E-state index contributed by atoms with van der Waals surface area (Å²) in [6, 6.07) is 2.14. The first-order valence-electron chi connectivity index (χ1n) is 7.12. The largest absolute Gasteiger partial charge is 0.384 e. The Morgan fingerprint density at radius 2 is 2.20 bits per heavy atom. The third-order valence-corrected chi connectivity index (χ3v) is 3.78. The second-order valence-corrected chi connectivity index (χ2v) is 5.74. The highest BCUT2D eigenvalue weighted by Crippen LogP contribution is 2.16. The number of hydrogen-bond acceptors (Lipinski definition) is 4. The third-order valence-electron chi connectivity index (χ3n) is 3.05. The van der Waals surface area contributed by atoms with E-state index in [0.717, 1.165) is 36.5 Å². The van der Waals surface area contributed by atoms with Crippen LogP contribution in [0.15, 0.2) is 12.3 Å². The number of carbonyl (C=O) groups excluding carboxylic acids is 1. The number of nitrogens with zero attached hydrogens (tertiary/aromatic N) is 1. The fraction of sp³-hybridized carbons (Fsp3) is 0.600. The van der Waals surface area contributed by atoms with E-state index in [1.165, 1.54) is 0 Å². The first kappa shape index (κ1) is 16.8. The molecule has 4 nitrogen and oxygen atoms in total. The summed E-state index contributed by atoms with van der Waals surface area (Å²) in [5.41, 5.74) is 2.41. The Kier molecular flexibility index (Phi) is 7.44. The molecule has 1 amide bonds. The minimum atomic E-state index is -0.0444. The van der Waals surface area contributed by atoms with Gasteiger partial charge in [0.15, 0.2) is 0 Å². The zero-order chi connectivity index (χ0) is 15.0. The zero-order valence-electron chi connectivity index (χ0n) is 12.8. The van der Waals surface area contributed by atoms with Gasteiger partial charge < -0.3 is 10.6 Å². The quantitative estimate of drug-likeness (QED) is 0.774. The molecule has 0 saturated carbocycles. The Labute approximate surface area is 126 Å². The van der Waals surface area contributed by atoms with Crippen molar-refractivity contribution in [3.05, 3.63) is 23.5 Å². The van der Waals surface area contributed by atoms with Crippen LogP contribution in [0.5, 0.6) is 0 Å². The molecule has 1 unspecified atom stereocenters. The van der Waals surface area contributed by atoms with E-state index >= 15 is 0 Å². The summed E-state index contributed by atoms with van der Waals surface area (Å²) in [5, 5.41) is 6.38. The van der Waals surface area contributed by atoms with Crippen LogP contribution in [-0.4, -0.2) is 35.5 Å². The molecule has 5 heteroatoms. The highest BCUT2D eigenvalue weighted by Gasteiger charge is 2.15. The summed E-state index contributed by atoms with van der Waals surface area (Å²) in [5.74, 6) is 0.885. The van der Waals surface area contributed by atoms with Crippen LogP contribution >= 0.6 is 11.8 Å². The molecular weight excluding hydrogens is 270 g/mol. The fourth-order valence-corrected chi connectivity index (χ4v) is 2.59. The molecule has 112 valence electrons. The Bertz CT molecular complexity index is 437. The number of anilines is 1. The number of aromatic nitrogens is 1. The van der Waals surface area contributed by atoms with Crippen molar-refractivity contribution in [3.8, 4) is 0 Å². The van der Waals surface area contributed by atoms with Gasteiger partial charge in [-0.25, -0.2) is 0 Å². The maximum Gasteiger partial charge on any atom is 0.255 e. The van der Waals surface area contributed by atoms with Crippen molar-refractivity contribution in [2.24, 2.45) is 0 Å². The highest BCUT2D eigenvalue weighted by atomic mass is 32.2. The normalized spacial score (nSPS) is 12.0. The van der Waals surface area contributed by atoms with Crippen LogP contribution in [0.1, 0.15) is 42.7 Å². The summed E-state index contributed by atoms with van der Waals surface area (Å²) >= 11 is 1.75. The van der Waals surface area contributed by atoms with Crippen molar-refractivity contribution in [1.29, 1.82) is 0 Å². The Morgan fingerprint density at radius 1 is 1.45 bits per heavy atom. The van der Waals surface area contributed by atoms with Gasteiger partial charge >= 0.3 is 0 Å². The van der Waals surface area contributed by atoms with Crippen LogP contribution in [0.25, 0.3) is 0 Å². The molecule has 0 bridgehead atoms. The minimum absolute atomic E-state index is 0.0444. The number of carbonyl (C=O) groups is 1. The Morgan fingerprint density at radius 3 is 2.80 bits per heavy atom. The van der Waals surface area contributed by atoms with Gasteiger partial charge in [0.05, 0.1) is 11.3 Å². The molecule has 20 heavy (non-hydrogen) atoms. The van der Waals surface area contributed by atoms with E-state index in [-0.39, 0.29) is 11.9 Å². The predicted octanol–water partition coefficient (Wildman–Crippen LogP) is 3.08. The molecule has 1 atom stereocenters. The molecule has 0 aliphatic carbocycles. The van der Waals surface area contributed by atoms with Gasteiger partial charge in [0.25, 0.3) is 5.91 Å². The van der Waals surface area contributed by atoms with E-state index in [0.29, 0.717) is 5.56 Å². The van der Waals surface area contributed by atoms with Gasteiger partial charge in [0.1, 0.15) is 0 Å². The van der Waals surface area contributed by atoms with E-state index < -0.39 is 0 Å². The number of amides is 1. The van der Waals surface area contributed by atoms with Crippen molar-refractivity contribution in [1.82, 2.24) is 10.3 Å². The average molecular weight is 295 g/mol. The summed E-state index contributed by atoms with van der Waals surface area (Å²) < 4.78 is 0. The number of nitrogens with one attached hydrogen (secondary N) is 2. The molecule has 0 fully saturated rings. The van der Waals surface area contributed by atoms with Crippen molar-refractivity contribution in [2.75, 3.05) is 23.9 Å². The zero-order valence-corrected chi connectivity index (χ0v) is 13.6. The van der Waals surface area contributed by atoms with E-state index in [4.69, 9.17) is 0 Å². The number of hydrogen-bond donors (Lipinski definition) is 2. The first-order valence-corrected chi connectivity index (χ1v) is 8.52. The number of thioether (sulfide) groups is 1. The van der Waals surface area contributed by atoms with E-state index in [2.05, 4.69) is 35.7 Å². The second-order valence-electron chi connectivity index (χ2n) is 4.83. The number of rotatable bonds is 8. The lowest BCUT2D eigenvalue weighted by atomic mass is 10.1. The van der Waals surface area contributed by atoms with Crippen molar-refractivity contribution in [3.63, 3.8) is 0 Å². The van der Waals surface area contributed by atoms with Gasteiger partial charge in [0, 0.05) is 30.2 Å². The lowest BCUT2D eigenvalue weighted by Gasteiger charge is -2.17. The molecule has 2 N–H and O–H groups in total. The monoisotopic (exact) mass is 295 g/mol. The summed E-state index contributed by atoms with van der Waals surface area (Å²) in [6.07, 6.45) is 5.67. The molecule has 0 spiro atoms. The fourth-order valence-electron chi connectivity index (χ4n) is 1.87. The van der Waals surface area contributed by atoms with E-state index in [9.17, 15) is 4.79 Å². The molecule has 1 aromatic rings. The predicted molar refractivity (Wildman–Crippen MR) is 87.7 cm³/mol. The standard InChI is InChI=1S/C15H25N3OS/c1-5-7-16-14-8-11(3)17-9-13(14)15(19)18-12(6-2)10-20-4/h8-9,12H,5-7,10H2,1-4H3,(H,16,17)(H,18,19). The van der Waals surface area contributed by atoms with Gasteiger partial charge in [0.2, 0.25) is 0 Å². The van der Waals surface area contributed by atoms with Crippen LogP contribution in [0.4, 0.5) is 5.69 Å². The van der Waals surface area contributed by atoms with E-state index in [1.54, 1.807) is 18.0 Å². The van der Waals surface area contributed by atoms with Gasteiger partial charge in [-0.15, -0.1) is 0 Å². The molecule has 1 heterocycles. The first-order chi connectivity index (χ1) is 9.62. The van der Waals surface area contributed by atoms with Crippen LogP contribution in [-0.2, 0) is 0 Å². The smallest absolute Gasteiger partial charge is 0.255 e. The van der Waals surface area contributed by atoms with Crippen LogP contribution in [0, 0.1) is 6.92 Å². The molecule has 1 rings (SSSR count). The van der Waals surface area contributed by atoms with Crippen molar-refractivity contribution in [2.45, 2.75) is 39.7 Å². The third kappa shape index (κ3) is 5.04. The highest BCUT2D eigenvalue weighted by molar-refractivity contribution is 7.98. The molecule has 0 radical (unpaired) electrons. The van der Waals surface area contributed by atoms with Gasteiger partial charge in [-0.3, -0.25) is 9.78 Å². The summed E-state index contributed by atoms with van der Waals surface area (Å²) in [4.78, 5) is 16.6. The molecule has 0 aliphatic rings. The Balaban J connectivity index is 2.85. The molecular formula is C15H25N3OS. The van der Waals surface area contributed by atoms with E-state index in [1.807, 2.05) is 13.0 Å². The molecule has 0 aromatic carbocycles. The summed E-state index contributed by atoms with van der Waals surface area (Å²) in [6.45, 7) is 6.98. The van der Waals surface area contributed by atoms with Crippen molar-refractivity contribution < 1.29 is 4.79 Å². The Hall–Kier alpha value is -1.23. The van der Waals surface area contributed by atoms with Gasteiger partial charge in [-0.2, -0.15) is 11.8 Å². The van der Waals surface area contributed by atoms with Crippen LogP contribution in [0.2, 0.25) is 0 Å². The van der Waals surface area contributed by atoms with Gasteiger partial charge in [-0.1, -0.05) is 13.8 Å². The maximum atomic E-state index is 12.4. The van der Waals surface area contributed by atoms with Crippen LogP contribution in [0.3, 0.4) is 0 Å². The molecule has 1 aromatic heterocycles. The van der Waals surface area contributed by atoms with Crippen LogP contribution < -0.4 is 10.6 Å². The average Bonchev–Trinajstić information content (AvgIpc) is 2.44. The second kappa shape index (κ2) is 8.84. The molecule has 0 saturated heterocycles. The summed E-state index contributed by atoms with van der Waals surface area (Å²) in [7, 11) is 0. The SMILES string of the molecule is CCCNc1cc(C)ncc1C(=O)NC(CC)CSC. The minimum Gasteiger partial charge on any atom is -0.384 e. The van der Waals surface area contributed by atoms with Crippen molar-refractivity contribution >= 4 is 23.4 Å². The lowest BCUT2D eigenvalue weighted by Crippen LogP contribution is -2.36. The topological polar surface area (TPSA) is 54.0 Å². The lowest BCUT2D eigenvalue weighted by molar-refractivity contribution is 0.0940. The number of aryl methyl sites for hydroxylation is 1. The number of pyridine rings is 1. The van der Waals surface area contributed by atoms with Gasteiger partial charge in [-0.05, 0) is 32.1 Å².